The van der Waals surface area contributed by atoms with E-state index in [2.05, 4.69) is 46.3 Å². The molecule has 0 aliphatic carbocycles. The third-order valence-electron chi connectivity index (χ3n) is 5.07. The molecule has 1 aliphatic rings. The molecule has 1 heterocycles. The van der Waals surface area contributed by atoms with Gasteiger partial charge in [0, 0.05) is 56.6 Å². The van der Waals surface area contributed by atoms with E-state index in [0.717, 1.165) is 31.7 Å². The number of rotatable bonds is 6. The summed E-state index contributed by atoms with van der Waals surface area (Å²) in [5.74, 6) is -0.0247. The number of carbonyl (C=O) groups excluding carboxylic acids is 1. The van der Waals surface area contributed by atoms with Crippen molar-refractivity contribution in [2.75, 3.05) is 37.6 Å². The van der Waals surface area contributed by atoms with Crippen LogP contribution in [0.5, 0.6) is 0 Å². The fourth-order valence-corrected chi connectivity index (χ4v) is 3.32. The summed E-state index contributed by atoms with van der Waals surface area (Å²) in [7, 11) is 0. The molecule has 3 N–H and O–H groups in total. The lowest BCUT2D eigenvalue weighted by Gasteiger charge is -2.39. The normalized spacial score (nSPS) is 16.3. The van der Waals surface area contributed by atoms with Crippen molar-refractivity contribution in [3.8, 4) is 0 Å². The first-order chi connectivity index (χ1) is 12.7. The van der Waals surface area contributed by atoms with E-state index in [1.54, 1.807) is 0 Å². The maximum Gasteiger partial charge on any atom is 0.251 e. The molecule has 2 aromatic rings. The summed E-state index contributed by atoms with van der Waals surface area (Å²) >= 11 is 0. The Morgan fingerprint density at radius 3 is 2.31 bits per heavy atom. The monoisotopic (exact) mass is 352 g/mol. The molecule has 1 aliphatic heterocycles. The molecular weight excluding hydrogens is 324 g/mol. The second-order valence-electron chi connectivity index (χ2n) is 6.82. The number of hydrogen-bond donors (Lipinski definition) is 2. The van der Waals surface area contributed by atoms with E-state index in [0.29, 0.717) is 24.7 Å². The number of amides is 1. The number of benzene rings is 2. The molecule has 1 fully saturated rings. The van der Waals surface area contributed by atoms with Crippen molar-refractivity contribution in [1.29, 1.82) is 0 Å². The zero-order chi connectivity index (χ0) is 18.4. The van der Waals surface area contributed by atoms with Crippen molar-refractivity contribution in [3.63, 3.8) is 0 Å². The van der Waals surface area contributed by atoms with Crippen LogP contribution in [0, 0.1) is 0 Å². The van der Waals surface area contributed by atoms with Crippen molar-refractivity contribution in [2.24, 2.45) is 5.73 Å². The van der Waals surface area contributed by atoms with Gasteiger partial charge in [-0.2, -0.15) is 0 Å². The Morgan fingerprint density at radius 2 is 1.69 bits per heavy atom. The first-order valence-corrected chi connectivity index (χ1v) is 9.28. The summed E-state index contributed by atoms with van der Waals surface area (Å²) < 4.78 is 0. The van der Waals surface area contributed by atoms with E-state index in [9.17, 15) is 4.79 Å². The van der Waals surface area contributed by atoms with Crippen LogP contribution in [-0.2, 0) is 6.54 Å². The largest absolute Gasteiger partial charge is 0.369 e. The molecule has 26 heavy (non-hydrogen) atoms. The second kappa shape index (κ2) is 8.83. The van der Waals surface area contributed by atoms with Gasteiger partial charge in [-0.15, -0.1) is 0 Å². The molecule has 0 spiro atoms. The molecule has 5 heteroatoms. The van der Waals surface area contributed by atoms with Gasteiger partial charge in [-0.3, -0.25) is 9.69 Å². The van der Waals surface area contributed by atoms with E-state index >= 15 is 0 Å². The highest BCUT2D eigenvalue weighted by atomic mass is 16.1. The van der Waals surface area contributed by atoms with Crippen LogP contribution in [0.4, 0.5) is 5.69 Å². The van der Waals surface area contributed by atoms with Crippen molar-refractivity contribution >= 4 is 11.6 Å². The van der Waals surface area contributed by atoms with Crippen LogP contribution in [0.25, 0.3) is 0 Å². The first kappa shape index (κ1) is 18.4. The van der Waals surface area contributed by atoms with Crippen molar-refractivity contribution in [2.45, 2.75) is 19.5 Å². The SMILES string of the molecule is CC(CNC(=O)c1ccc(CN)cc1)N1CCN(c2ccccc2)CC1. The van der Waals surface area contributed by atoms with Crippen LogP contribution in [0.2, 0.25) is 0 Å². The fraction of sp³-hybridized carbons (Fsp3) is 0.381. The zero-order valence-corrected chi connectivity index (χ0v) is 15.4. The Hall–Kier alpha value is -2.37. The van der Waals surface area contributed by atoms with Gasteiger partial charge in [0.15, 0.2) is 0 Å². The molecule has 0 radical (unpaired) electrons. The number of nitrogens with two attached hydrogens (primary N) is 1. The molecule has 0 saturated carbocycles. The molecule has 1 atom stereocenters. The Morgan fingerprint density at radius 1 is 1.04 bits per heavy atom. The van der Waals surface area contributed by atoms with E-state index in [1.165, 1.54) is 5.69 Å². The standard InChI is InChI=1S/C21H28N4O/c1-17(16-23-21(26)19-9-7-18(15-22)8-10-19)24-11-13-25(14-12-24)20-5-3-2-4-6-20/h2-10,17H,11-16,22H2,1H3,(H,23,26). The Balaban J connectivity index is 1.45. The lowest BCUT2D eigenvalue weighted by Crippen LogP contribution is -2.52. The molecule has 1 unspecified atom stereocenters. The molecular formula is C21H28N4O. The highest BCUT2D eigenvalue weighted by Crippen LogP contribution is 2.16. The predicted molar refractivity (Wildman–Crippen MR) is 106 cm³/mol. The quantitative estimate of drug-likeness (QED) is 0.836. The van der Waals surface area contributed by atoms with E-state index in [1.807, 2.05) is 30.3 Å². The maximum atomic E-state index is 12.3. The maximum absolute atomic E-state index is 12.3. The van der Waals surface area contributed by atoms with E-state index < -0.39 is 0 Å². The lowest BCUT2D eigenvalue weighted by molar-refractivity contribution is 0.0934. The van der Waals surface area contributed by atoms with Crippen LogP contribution >= 0.6 is 0 Å². The van der Waals surface area contributed by atoms with Gasteiger partial charge in [0.25, 0.3) is 5.91 Å². The molecule has 1 saturated heterocycles. The summed E-state index contributed by atoms with van der Waals surface area (Å²) in [5, 5.41) is 3.05. The number of hydrogen-bond acceptors (Lipinski definition) is 4. The van der Waals surface area contributed by atoms with Gasteiger partial charge in [0.1, 0.15) is 0 Å². The van der Waals surface area contributed by atoms with E-state index in [-0.39, 0.29) is 5.91 Å². The van der Waals surface area contributed by atoms with Crippen LogP contribution in [0.3, 0.4) is 0 Å². The molecule has 0 aromatic heterocycles. The molecule has 138 valence electrons. The number of piperazine rings is 1. The first-order valence-electron chi connectivity index (χ1n) is 9.28. The third kappa shape index (κ3) is 4.62. The summed E-state index contributed by atoms with van der Waals surface area (Å²) in [6, 6.07) is 18.3. The minimum Gasteiger partial charge on any atom is -0.369 e. The Kier molecular flexibility index (Phi) is 6.26. The number of nitrogens with one attached hydrogen (secondary N) is 1. The lowest BCUT2D eigenvalue weighted by atomic mass is 10.1. The minimum atomic E-state index is -0.0247. The smallest absolute Gasteiger partial charge is 0.251 e. The van der Waals surface area contributed by atoms with Gasteiger partial charge in [0.2, 0.25) is 0 Å². The highest BCUT2D eigenvalue weighted by molar-refractivity contribution is 5.94. The molecule has 5 nitrogen and oxygen atoms in total. The van der Waals surface area contributed by atoms with Crippen molar-refractivity contribution < 1.29 is 4.79 Å². The van der Waals surface area contributed by atoms with Crippen LogP contribution in [-0.4, -0.2) is 49.6 Å². The molecule has 2 aromatic carbocycles. The van der Waals surface area contributed by atoms with Crippen molar-refractivity contribution in [3.05, 3.63) is 65.7 Å². The number of anilines is 1. The Labute approximate surface area is 155 Å². The zero-order valence-electron chi connectivity index (χ0n) is 15.4. The van der Waals surface area contributed by atoms with Crippen LogP contribution < -0.4 is 16.0 Å². The average Bonchev–Trinajstić information content (AvgIpc) is 2.72. The van der Waals surface area contributed by atoms with Gasteiger partial charge >= 0.3 is 0 Å². The molecule has 3 rings (SSSR count). The number of nitrogens with zero attached hydrogens (tertiary/aromatic N) is 2. The average molecular weight is 352 g/mol. The van der Waals surface area contributed by atoms with Crippen molar-refractivity contribution in [1.82, 2.24) is 10.2 Å². The van der Waals surface area contributed by atoms with Crippen LogP contribution in [0.15, 0.2) is 54.6 Å². The van der Waals surface area contributed by atoms with Gasteiger partial charge in [-0.25, -0.2) is 0 Å². The van der Waals surface area contributed by atoms with E-state index in [4.69, 9.17) is 5.73 Å². The molecule has 0 bridgehead atoms. The predicted octanol–water partition coefficient (Wildman–Crippen LogP) is 2.09. The summed E-state index contributed by atoms with van der Waals surface area (Å²) in [5.41, 5.74) is 8.60. The van der Waals surface area contributed by atoms with Crippen LogP contribution in [0.1, 0.15) is 22.8 Å². The summed E-state index contributed by atoms with van der Waals surface area (Å²) in [6.07, 6.45) is 0. The van der Waals surface area contributed by atoms with Gasteiger partial charge in [0.05, 0.1) is 0 Å². The Bertz CT molecular complexity index is 694. The topological polar surface area (TPSA) is 61.6 Å². The summed E-state index contributed by atoms with van der Waals surface area (Å²) in [4.78, 5) is 17.2. The fourth-order valence-electron chi connectivity index (χ4n) is 3.32. The van der Waals surface area contributed by atoms with Gasteiger partial charge in [-0.1, -0.05) is 30.3 Å². The molecule has 1 amide bonds. The second-order valence-corrected chi connectivity index (χ2v) is 6.82. The highest BCUT2D eigenvalue weighted by Gasteiger charge is 2.21. The van der Waals surface area contributed by atoms with Gasteiger partial charge in [-0.05, 0) is 36.8 Å². The number of carbonyl (C=O) groups is 1. The number of para-hydroxylation sites is 1. The third-order valence-corrected chi connectivity index (χ3v) is 5.07. The summed E-state index contributed by atoms with van der Waals surface area (Å²) in [6.45, 7) is 7.38. The minimum absolute atomic E-state index is 0.0247. The van der Waals surface area contributed by atoms with Gasteiger partial charge < -0.3 is 16.0 Å².